The SMILES string of the molecule is CON=C1CCc2cc(-c3cc(C4CCN(S(C)(=O)=O)CC4)oc3-c3ccncc3)ccc21. The Kier molecular flexibility index (Phi) is 5.80. The fourth-order valence-corrected chi connectivity index (χ4v) is 5.73. The molecule has 1 saturated heterocycles. The molecule has 0 atom stereocenters. The van der Waals surface area contributed by atoms with Crippen LogP contribution in [0.1, 0.15) is 42.1 Å². The number of aryl methyl sites for hydroxylation is 1. The van der Waals surface area contributed by atoms with E-state index < -0.39 is 10.0 Å². The smallest absolute Gasteiger partial charge is 0.211 e. The molecule has 0 saturated carbocycles. The molecular weight excluding hydrogens is 438 g/mol. The topological polar surface area (TPSA) is 85.0 Å². The van der Waals surface area contributed by atoms with Gasteiger partial charge >= 0.3 is 0 Å². The lowest BCUT2D eigenvalue weighted by molar-refractivity contribution is 0.213. The van der Waals surface area contributed by atoms with Crippen LogP contribution in [0.25, 0.3) is 22.5 Å². The maximum absolute atomic E-state index is 11.9. The molecule has 5 rings (SSSR count). The molecule has 0 bridgehead atoms. The molecule has 2 aromatic heterocycles. The lowest BCUT2D eigenvalue weighted by Crippen LogP contribution is -2.37. The second kappa shape index (κ2) is 8.76. The standard InChI is InChI=1S/C25H27N3O4S/c1-31-27-23-6-4-19-15-20(3-5-21(19)23)22-16-24(32-25(22)18-7-11-26-12-8-18)17-9-13-28(14-10-17)33(2,29)30/h3,5,7-8,11-12,15-17H,4,6,9-10,13-14H2,1-2H3. The van der Waals surface area contributed by atoms with Gasteiger partial charge in [-0.2, -0.15) is 0 Å². The molecule has 1 aliphatic heterocycles. The van der Waals surface area contributed by atoms with Crippen LogP contribution in [0.2, 0.25) is 0 Å². The molecule has 0 unspecified atom stereocenters. The van der Waals surface area contributed by atoms with E-state index in [9.17, 15) is 8.42 Å². The number of furan rings is 1. The Labute approximate surface area is 194 Å². The molecule has 0 spiro atoms. The Hall–Kier alpha value is -2.97. The molecule has 0 N–H and O–H groups in total. The molecule has 7 nitrogen and oxygen atoms in total. The van der Waals surface area contributed by atoms with Gasteiger partial charge in [-0.3, -0.25) is 4.98 Å². The lowest BCUT2D eigenvalue weighted by Gasteiger charge is -2.29. The van der Waals surface area contributed by atoms with Crippen molar-refractivity contribution in [2.24, 2.45) is 5.16 Å². The van der Waals surface area contributed by atoms with Crippen LogP contribution >= 0.6 is 0 Å². The Morgan fingerprint density at radius 2 is 1.79 bits per heavy atom. The minimum absolute atomic E-state index is 0.187. The quantitative estimate of drug-likeness (QED) is 0.520. The fourth-order valence-electron chi connectivity index (χ4n) is 4.86. The van der Waals surface area contributed by atoms with Crippen LogP contribution in [0.15, 0.2) is 58.4 Å². The molecule has 33 heavy (non-hydrogen) atoms. The van der Waals surface area contributed by atoms with Crippen molar-refractivity contribution in [3.63, 3.8) is 0 Å². The van der Waals surface area contributed by atoms with Gasteiger partial charge in [-0.05, 0) is 55.0 Å². The van der Waals surface area contributed by atoms with Crippen LogP contribution in [0, 0.1) is 0 Å². The number of oxime groups is 1. The third-order valence-electron chi connectivity index (χ3n) is 6.58. The van der Waals surface area contributed by atoms with Gasteiger partial charge in [0.15, 0.2) is 0 Å². The first-order chi connectivity index (χ1) is 15.9. The van der Waals surface area contributed by atoms with Gasteiger partial charge in [-0.25, -0.2) is 12.7 Å². The van der Waals surface area contributed by atoms with Crippen molar-refractivity contribution in [1.82, 2.24) is 9.29 Å². The van der Waals surface area contributed by atoms with Crippen LogP contribution in [0.3, 0.4) is 0 Å². The minimum atomic E-state index is -3.16. The van der Waals surface area contributed by atoms with E-state index in [-0.39, 0.29) is 5.92 Å². The molecular formula is C25H27N3O4S. The van der Waals surface area contributed by atoms with Gasteiger partial charge < -0.3 is 9.25 Å². The number of nitrogens with zero attached hydrogens (tertiary/aromatic N) is 3. The van der Waals surface area contributed by atoms with Gasteiger partial charge in [-0.1, -0.05) is 23.4 Å². The number of aromatic nitrogens is 1. The van der Waals surface area contributed by atoms with E-state index in [1.807, 2.05) is 12.1 Å². The van der Waals surface area contributed by atoms with Crippen LogP contribution in [0.5, 0.6) is 0 Å². The first kappa shape index (κ1) is 21.9. The summed E-state index contributed by atoms with van der Waals surface area (Å²) in [5, 5.41) is 4.17. The summed E-state index contributed by atoms with van der Waals surface area (Å²) in [7, 11) is -1.58. The summed E-state index contributed by atoms with van der Waals surface area (Å²) in [5.74, 6) is 1.92. The summed E-state index contributed by atoms with van der Waals surface area (Å²) in [4.78, 5) is 9.14. The molecule has 1 aliphatic carbocycles. The third-order valence-corrected chi connectivity index (χ3v) is 7.88. The van der Waals surface area contributed by atoms with E-state index >= 15 is 0 Å². The number of rotatable bonds is 5. The zero-order chi connectivity index (χ0) is 23.0. The minimum Gasteiger partial charge on any atom is -0.460 e. The van der Waals surface area contributed by atoms with Gasteiger partial charge in [0.05, 0.1) is 12.0 Å². The van der Waals surface area contributed by atoms with Crippen LogP contribution in [0.4, 0.5) is 0 Å². The van der Waals surface area contributed by atoms with Crippen LogP contribution < -0.4 is 0 Å². The van der Waals surface area contributed by atoms with Gasteiger partial charge in [0, 0.05) is 48.1 Å². The second-order valence-electron chi connectivity index (χ2n) is 8.66. The molecule has 3 aromatic rings. The van der Waals surface area contributed by atoms with Crippen molar-refractivity contribution in [1.29, 1.82) is 0 Å². The van der Waals surface area contributed by atoms with E-state index in [0.717, 1.165) is 65.2 Å². The predicted molar refractivity (Wildman–Crippen MR) is 128 cm³/mol. The third kappa shape index (κ3) is 4.32. The van der Waals surface area contributed by atoms with Crippen molar-refractivity contribution in [2.45, 2.75) is 31.6 Å². The highest BCUT2D eigenvalue weighted by Crippen LogP contribution is 2.41. The van der Waals surface area contributed by atoms with Gasteiger partial charge in [0.1, 0.15) is 18.6 Å². The Morgan fingerprint density at radius 1 is 1.03 bits per heavy atom. The molecule has 1 fully saturated rings. The average molecular weight is 466 g/mol. The Morgan fingerprint density at radius 3 is 2.48 bits per heavy atom. The molecule has 8 heteroatoms. The summed E-state index contributed by atoms with van der Waals surface area (Å²) in [6.07, 6.45) is 8.11. The van der Waals surface area contributed by atoms with Crippen molar-refractivity contribution >= 4 is 15.7 Å². The first-order valence-electron chi connectivity index (χ1n) is 11.2. The number of pyridine rings is 1. The van der Waals surface area contributed by atoms with E-state index in [2.05, 4.69) is 34.4 Å². The second-order valence-corrected chi connectivity index (χ2v) is 10.6. The first-order valence-corrected chi connectivity index (χ1v) is 13.0. The zero-order valence-electron chi connectivity index (χ0n) is 18.8. The number of fused-ring (bicyclic) bond motifs is 1. The van der Waals surface area contributed by atoms with E-state index in [4.69, 9.17) is 9.25 Å². The molecule has 0 radical (unpaired) electrons. The summed E-state index contributed by atoms with van der Waals surface area (Å²) < 4.78 is 31.8. The summed E-state index contributed by atoms with van der Waals surface area (Å²) in [6.45, 7) is 1.04. The number of piperidine rings is 1. The molecule has 0 amide bonds. The average Bonchev–Trinajstić information content (AvgIpc) is 3.44. The zero-order valence-corrected chi connectivity index (χ0v) is 19.6. The highest BCUT2D eigenvalue weighted by atomic mass is 32.2. The summed E-state index contributed by atoms with van der Waals surface area (Å²) in [5.41, 5.74) is 6.50. The molecule has 2 aliphatic rings. The molecule has 172 valence electrons. The van der Waals surface area contributed by atoms with Crippen LogP contribution in [-0.2, 0) is 21.3 Å². The van der Waals surface area contributed by atoms with E-state index in [1.54, 1.807) is 23.8 Å². The van der Waals surface area contributed by atoms with Crippen LogP contribution in [-0.4, -0.2) is 49.9 Å². The maximum atomic E-state index is 11.9. The highest BCUT2D eigenvalue weighted by Gasteiger charge is 2.29. The normalized spacial score (nSPS) is 18.5. The van der Waals surface area contributed by atoms with Gasteiger partial charge in [0.25, 0.3) is 0 Å². The van der Waals surface area contributed by atoms with Crippen molar-refractivity contribution < 1.29 is 17.7 Å². The number of sulfonamides is 1. The maximum Gasteiger partial charge on any atom is 0.211 e. The number of hydrogen-bond donors (Lipinski definition) is 0. The molecule has 3 heterocycles. The van der Waals surface area contributed by atoms with Crippen molar-refractivity contribution in [3.05, 3.63) is 65.7 Å². The van der Waals surface area contributed by atoms with Gasteiger partial charge in [0.2, 0.25) is 10.0 Å². The fraction of sp³-hybridized carbons (Fsp3) is 0.360. The van der Waals surface area contributed by atoms with Crippen molar-refractivity contribution in [2.75, 3.05) is 26.5 Å². The largest absolute Gasteiger partial charge is 0.460 e. The van der Waals surface area contributed by atoms with E-state index in [1.165, 1.54) is 11.8 Å². The summed E-state index contributed by atoms with van der Waals surface area (Å²) in [6, 6.07) is 12.5. The molecule has 1 aromatic carbocycles. The highest BCUT2D eigenvalue weighted by molar-refractivity contribution is 7.88. The van der Waals surface area contributed by atoms with Gasteiger partial charge in [-0.15, -0.1) is 0 Å². The number of benzene rings is 1. The summed E-state index contributed by atoms with van der Waals surface area (Å²) >= 11 is 0. The van der Waals surface area contributed by atoms with Crippen molar-refractivity contribution in [3.8, 4) is 22.5 Å². The number of hydrogen-bond acceptors (Lipinski definition) is 6. The Bertz CT molecular complexity index is 1290. The predicted octanol–water partition coefficient (Wildman–Crippen LogP) is 4.44. The Balaban J connectivity index is 1.51. The monoisotopic (exact) mass is 465 g/mol. The lowest BCUT2D eigenvalue weighted by atomic mass is 9.93. The van der Waals surface area contributed by atoms with E-state index in [0.29, 0.717) is 13.1 Å².